The van der Waals surface area contributed by atoms with Crippen LogP contribution in [0, 0.1) is 0 Å². The van der Waals surface area contributed by atoms with Crippen molar-refractivity contribution in [1.82, 2.24) is 0 Å². The van der Waals surface area contributed by atoms with E-state index >= 15 is 0 Å². The molecule has 0 aliphatic heterocycles. The maximum Gasteiger partial charge on any atom is 0.382 e. The molecule has 0 N–H and O–H groups in total. The van der Waals surface area contributed by atoms with Crippen molar-refractivity contribution >= 4 is 17.4 Å². The third-order valence-electron chi connectivity index (χ3n) is 0.864. The molecule has 0 aliphatic rings. The fraction of sp³-hybridized carbons (Fsp3) is 0.833. The van der Waals surface area contributed by atoms with Crippen LogP contribution in [0.1, 0.15) is 13.8 Å². The molecule has 5 heteroatoms. The van der Waals surface area contributed by atoms with Crippen molar-refractivity contribution in [3.8, 4) is 0 Å². The summed E-state index contributed by atoms with van der Waals surface area (Å²) in [4.78, 5) is 10.4. The number of hydrogen-bond acceptors (Lipinski definition) is 2. The molecule has 11 heavy (non-hydrogen) atoms. The standard InChI is InChI=1S/C6H9ClF2O2/c1-4(2)11-3-5(10)6(7,8)9/h4H,3H2,1-2H3. The highest BCUT2D eigenvalue weighted by Crippen LogP contribution is 2.19. The first-order chi connectivity index (χ1) is 4.84. The molecule has 0 spiro atoms. The summed E-state index contributed by atoms with van der Waals surface area (Å²) in [7, 11) is 0. The van der Waals surface area contributed by atoms with E-state index in [4.69, 9.17) is 0 Å². The molecule has 0 atom stereocenters. The van der Waals surface area contributed by atoms with E-state index in [9.17, 15) is 13.6 Å². The Morgan fingerprint density at radius 2 is 2.09 bits per heavy atom. The van der Waals surface area contributed by atoms with Gasteiger partial charge in [-0.25, -0.2) is 0 Å². The van der Waals surface area contributed by atoms with Crippen LogP contribution in [-0.4, -0.2) is 23.9 Å². The lowest BCUT2D eigenvalue weighted by Crippen LogP contribution is -2.27. The minimum absolute atomic E-state index is 0.252. The van der Waals surface area contributed by atoms with E-state index < -0.39 is 17.8 Å². The molecule has 0 saturated heterocycles. The molecule has 0 aromatic rings. The Morgan fingerprint density at radius 1 is 1.64 bits per heavy atom. The maximum absolute atomic E-state index is 11.9. The van der Waals surface area contributed by atoms with E-state index in [-0.39, 0.29) is 6.10 Å². The predicted molar refractivity (Wildman–Crippen MR) is 36.9 cm³/mol. The number of carbonyl (C=O) groups excluding carboxylic acids is 1. The van der Waals surface area contributed by atoms with Gasteiger partial charge in [-0.1, -0.05) is 0 Å². The molecule has 0 amide bonds. The second-order valence-corrected chi connectivity index (χ2v) is 2.76. The van der Waals surface area contributed by atoms with E-state index in [0.717, 1.165) is 0 Å². The van der Waals surface area contributed by atoms with Gasteiger partial charge in [-0.3, -0.25) is 4.79 Å². The Hall–Kier alpha value is -0.220. The lowest BCUT2D eigenvalue weighted by atomic mass is 10.4. The molecule has 0 unspecified atom stereocenters. The molecule has 0 saturated carbocycles. The van der Waals surface area contributed by atoms with Crippen LogP contribution in [0.2, 0.25) is 0 Å². The smallest absolute Gasteiger partial charge is 0.371 e. The lowest BCUT2D eigenvalue weighted by molar-refractivity contribution is -0.139. The monoisotopic (exact) mass is 186 g/mol. The van der Waals surface area contributed by atoms with Crippen LogP contribution in [0.25, 0.3) is 0 Å². The average Bonchev–Trinajstić information content (AvgIpc) is 1.80. The first-order valence-corrected chi connectivity index (χ1v) is 3.43. The quantitative estimate of drug-likeness (QED) is 0.626. The summed E-state index contributed by atoms with van der Waals surface area (Å²) in [5, 5.41) is -3.80. The molecule has 0 bridgehead atoms. The van der Waals surface area contributed by atoms with Gasteiger partial charge in [0.2, 0.25) is 5.78 Å². The molecule has 0 heterocycles. The van der Waals surface area contributed by atoms with E-state index in [0.29, 0.717) is 0 Å². The minimum atomic E-state index is -3.80. The second-order valence-electron chi connectivity index (χ2n) is 2.28. The molecule has 0 aliphatic carbocycles. The zero-order chi connectivity index (χ0) is 9.07. The molecule has 0 rings (SSSR count). The van der Waals surface area contributed by atoms with Gasteiger partial charge in [0.15, 0.2) is 0 Å². The van der Waals surface area contributed by atoms with Crippen molar-refractivity contribution in [1.29, 1.82) is 0 Å². The van der Waals surface area contributed by atoms with Gasteiger partial charge >= 0.3 is 5.38 Å². The van der Waals surface area contributed by atoms with Crippen molar-refractivity contribution < 1.29 is 18.3 Å². The molecule has 0 aromatic carbocycles. The summed E-state index contributed by atoms with van der Waals surface area (Å²) >= 11 is 4.40. The van der Waals surface area contributed by atoms with Crippen LogP contribution in [0.3, 0.4) is 0 Å². The lowest BCUT2D eigenvalue weighted by Gasteiger charge is -2.08. The molecule has 2 nitrogen and oxygen atoms in total. The first-order valence-electron chi connectivity index (χ1n) is 3.05. The summed E-state index contributed by atoms with van der Waals surface area (Å²) in [5.41, 5.74) is 0. The van der Waals surface area contributed by atoms with Gasteiger partial charge in [-0.2, -0.15) is 8.78 Å². The van der Waals surface area contributed by atoms with Crippen molar-refractivity contribution in [3.63, 3.8) is 0 Å². The van der Waals surface area contributed by atoms with Gasteiger partial charge in [-0.15, -0.1) is 0 Å². The summed E-state index contributed by atoms with van der Waals surface area (Å²) in [5.74, 6) is -1.41. The third-order valence-corrected chi connectivity index (χ3v) is 1.07. The number of hydrogen-bond donors (Lipinski definition) is 0. The molecule has 0 aromatic heterocycles. The Morgan fingerprint density at radius 3 is 2.36 bits per heavy atom. The fourth-order valence-electron chi connectivity index (χ4n) is 0.324. The van der Waals surface area contributed by atoms with E-state index in [2.05, 4.69) is 16.3 Å². The summed E-state index contributed by atoms with van der Waals surface area (Å²) in [6, 6.07) is 0. The number of Topliss-reactive ketones (excluding diaryl/α,β-unsaturated/α-hetero) is 1. The first kappa shape index (κ1) is 10.8. The highest BCUT2D eigenvalue weighted by molar-refractivity contribution is 6.32. The van der Waals surface area contributed by atoms with E-state index in [1.807, 2.05) is 0 Å². The summed E-state index contributed by atoms with van der Waals surface area (Å²) in [6.45, 7) is 2.63. The number of alkyl halides is 3. The Labute approximate surface area is 68.5 Å². The topological polar surface area (TPSA) is 26.3 Å². The normalized spacial score (nSPS) is 12.2. The summed E-state index contributed by atoms with van der Waals surface area (Å²) < 4.78 is 28.4. The van der Waals surface area contributed by atoms with Crippen LogP contribution in [0.4, 0.5) is 8.78 Å². The number of ketones is 1. The Kier molecular flexibility index (Phi) is 3.89. The van der Waals surface area contributed by atoms with Gasteiger partial charge in [0.1, 0.15) is 6.61 Å². The minimum Gasteiger partial charge on any atom is -0.371 e. The van der Waals surface area contributed by atoms with Gasteiger partial charge < -0.3 is 4.74 Å². The fourth-order valence-corrected chi connectivity index (χ4v) is 0.379. The highest BCUT2D eigenvalue weighted by atomic mass is 35.5. The number of carbonyl (C=O) groups is 1. The maximum atomic E-state index is 11.9. The van der Waals surface area contributed by atoms with Crippen LogP contribution < -0.4 is 0 Å². The van der Waals surface area contributed by atoms with Crippen molar-refractivity contribution in [2.24, 2.45) is 0 Å². The predicted octanol–water partition coefficient (Wildman–Crippen LogP) is 1.81. The molecule has 66 valence electrons. The van der Waals surface area contributed by atoms with Crippen molar-refractivity contribution in [2.75, 3.05) is 6.61 Å². The zero-order valence-corrected chi connectivity index (χ0v) is 6.99. The van der Waals surface area contributed by atoms with Crippen LogP contribution >= 0.6 is 11.6 Å². The van der Waals surface area contributed by atoms with Gasteiger partial charge in [0, 0.05) is 0 Å². The molecular weight excluding hydrogens is 178 g/mol. The number of halogens is 3. The summed E-state index contributed by atoms with van der Waals surface area (Å²) in [6.07, 6.45) is -0.252. The van der Waals surface area contributed by atoms with Crippen molar-refractivity contribution in [3.05, 3.63) is 0 Å². The average molecular weight is 187 g/mol. The number of ether oxygens (including phenoxy) is 1. The van der Waals surface area contributed by atoms with E-state index in [1.54, 1.807) is 13.8 Å². The zero-order valence-electron chi connectivity index (χ0n) is 6.23. The van der Waals surface area contributed by atoms with Gasteiger partial charge in [0.25, 0.3) is 0 Å². The number of rotatable bonds is 4. The Balaban J connectivity index is 3.71. The molecule has 0 radical (unpaired) electrons. The largest absolute Gasteiger partial charge is 0.382 e. The van der Waals surface area contributed by atoms with E-state index in [1.165, 1.54) is 0 Å². The Bertz CT molecular complexity index is 142. The van der Waals surface area contributed by atoms with Crippen LogP contribution in [0.15, 0.2) is 0 Å². The highest BCUT2D eigenvalue weighted by Gasteiger charge is 2.35. The van der Waals surface area contributed by atoms with Gasteiger partial charge in [0.05, 0.1) is 6.10 Å². The molecular formula is C6H9ClF2O2. The second kappa shape index (κ2) is 3.97. The third kappa shape index (κ3) is 5.09. The molecule has 0 fully saturated rings. The van der Waals surface area contributed by atoms with Crippen LogP contribution in [0.5, 0.6) is 0 Å². The van der Waals surface area contributed by atoms with Gasteiger partial charge in [-0.05, 0) is 25.4 Å². The SMILES string of the molecule is CC(C)OCC(=O)C(F)(F)Cl. The van der Waals surface area contributed by atoms with Crippen molar-refractivity contribution in [2.45, 2.75) is 25.3 Å². The van der Waals surface area contributed by atoms with Crippen LogP contribution in [-0.2, 0) is 9.53 Å².